The molecule has 0 amide bonds. The molecule has 0 aliphatic rings. The third-order valence-electron chi connectivity index (χ3n) is 2.42. The quantitative estimate of drug-likeness (QED) is 0.631. The molecule has 1 aromatic heterocycles. The number of hydrogen-bond acceptors (Lipinski definition) is 3. The third kappa shape index (κ3) is 2.21. The SMILES string of the molecule is Cc1ccc(-n2cc([N+](=O)[O-])nc2C)c(Br)c1. The molecule has 0 fully saturated rings. The van der Waals surface area contributed by atoms with Crippen LogP contribution in [0.1, 0.15) is 11.4 Å². The Morgan fingerprint density at radius 2 is 2.12 bits per heavy atom. The van der Waals surface area contributed by atoms with E-state index in [1.165, 1.54) is 6.20 Å². The van der Waals surface area contributed by atoms with Gasteiger partial charge in [0.1, 0.15) is 6.20 Å². The zero-order valence-corrected chi connectivity index (χ0v) is 10.9. The summed E-state index contributed by atoms with van der Waals surface area (Å²) in [7, 11) is 0. The fourth-order valence-corrected chi connectivity index (χ4v) is 2.28. The molecule has 2 aromatic rings. The van der Waals surface area contributed by atoms with Crippen LogP contribution in [0.25, 0.3) is 5.69 Å². The molecule has 88 valence electrons. The molecule has 0 unspecified atom stereocenters. The predicted octanol–water partition coefficient (Wildman–Crippen LogP) is 3.16. The van der Waals surface area contributed by atoms with Crippen molar-refractivity contribution in [2.75, 3.05) is 0 Å². The van der Waals surface area contributed by atoms with Crippen LogP contribution in [0.4, 0.5) is 5.82 Å². The highest BCUT2D eigenvalue weighted by molar-refractivity contribution is 9.10. The van der Waals surface area contributed by atoms with Crippen LogP contribution < -0.4 is 0 Å². The summed E-state index contributed by atoms with van der Waals surface area (Å²) in [6.07, 6.45) is 1.42. The molecular weight excluding hydrogens is 286 g/mol. The van der Waals surface area contributed by atoms with Crippen LogP contribution in [0.3, 0.4) is 0 Å². The number of aromatic nitrogens is 2. The van der Waals surface area contributed by atoms with E-state index in [1.54, 1.807) is 11.5 Å². The Labute approximate surface area is 106 Å². The minimum absolute atomic E-state index is 0.144. The van der Waals surface area contributed by atoms with Gasteiger partial charge in [-0.15, -0.1) is 0 Å². The van der Waals surface area contributed by atoms with Gasteiger partial charge in [0, 0.05) is 11.4 Å². The third-order valence-corrected chi connectivity index (χ3v) is 3.05. The molecule has 0 aliphatic carbocycles. The van der Waals surface area contributed by atoms with Crippen molar-refractivity contribution >= 4 is 21.7 Å². The first-order chi connectivity index (χ1) is 7.99. The molecule has 1 heterocycles. The fourth-order valence-electron chi connectivity index (χ4n) is 1.60. The van der Waals surface area contributed by atoms with Crippen molar-refractivity contribution < 1.29 is 4.92 Å². The summed E-state index contributed by atoms with van der Waals surface area (Å²) in [4.78, 5) is 14.1. The van der Waals surface area contributed by atoms with Crippen LogP contribution in [-0.2, 0) is 0 Å². The van der Waals surface area contributed by atoms with Gasteiger partial charge < -0.3 is 10.1 Å². The fraction of sp³-hybridized carbons (Fsp3) is 0.182. The first-order valence-electron chi connectivity index (χ1n) is 4.96. The lowest BCUT2D eigenvalue weighted by molar-refractivity contribution is -0.389. The Kier molecular flexibility index (Phi) is 2.97. The molecule has 17 heavy (non-hydrogen) atoms. The molecule has 0 saturated heterocycles. The highest BCUT2D eigenvalue weighted by Gasteiger charge is 2.17. The smallest absolute Gasteiger partial charge is 0.358 e. The summed E-state index contributed by atoms with van der Waals surface area (Å²) in [5.41, 5.74) is 1.96. The lowest BCUT2D eigenvalue weighted by Gasteiger charge is -2.06. The molecule has 6 heteroatoms. The van der Waals surface area contributed by atoms with Crippen LogP contribution >= 0.6 is 15.9 Å². The second-order valence-corrected chi connectivity index (χ2v) is 4.58. The Hall–Kier alpha value is -1.69. The van der Waals surface area contributed by atoms with Gasteiger partial charge in [-0.05, 0) is 50.5 Å². The van der Waals surface area contributed by atoms with Crippen molar-refractivity contribution in [1.82, 2.24) is 9.55 Å². The van der Waals surface area contributed by atoms with Crippen LogP contribution in [0.15, 0.2) is 28.9 Å². The van der Waals surface area contributed by atoms with Crippen LogP contribution in [0.5, 0.6) is 0 Å². The molecule has 1 aromatic carbocycles. The molecule has 2 rings (SSSR count). The monoisotopic (exact) mass is 295 g/mol. The maximum Gasteiger partial charge on any atom is 0.382 e. The van der Waals surface area contributed by atoms with Crippen LogP contribution in [-0.4, -0.2) is 14.5 Å². The summed E-state index contributed by atoms with van der Waals surface area (Å²) >= 11 is 3.45. The van der Waals surface area contributed by atoms with Gasteiger partial charge in [0.2, 0.25) is 5.82 Å². The minimum atomic E-state index is -0.494. The van der Waals surface area contributed by atoms with E-state index < -0.39 is 4.92 Å². The van der Waals surface area contributed by atoms with Gasteiger partial charge in [-0.2, -0.15) is 0 Å². The van der Waals surface area contributed by atoms with Gasteiger partial charge in [-0.3, -0.25) is 4.57 Å². The molecule has 0 bridgehead atoms. The molecule has 0 atom stereocenters. The highest BCUT2D eigenvalue weighted by atomic mass is 79.9. The lowest BCUT2D eigenvalue weighted by atomic mass is 10.2. The predicted molar refractivity (Wildman–Crippen MR) is 67.4 cm³/mol. The van der Waals surface area contributed by atoms with Crippen LogP contribution in [0.2, 0.25) is 0 Å². The summed E-state index contributed by atoms with van der Waals surface area (Å²) in [5, 5.41) is 10.7. The maximum absolute atomic E-state index is 10.7. The number of hydrogen-bond donors (Lipinski definition) is 0. The van der Waals surface area contributed by atoms with Gasteiger partial charge >= 0.3 is 5.82 Å². The minimum Gasteiger partial charge on any atom is -0.358 e. The van der Waals surface area contributed by atoms with Crippen molar-refractivity contribution in [1.29, 1.82) is 0 Å². The molecule has 0 spiro atoms. The topological polar surface area (TPSA) is 61.0 Å². The van der Waals surface area contributed by atoms with E-state index in [2.05, 4.69) is 20.9 Å². The summed E-state index contributed by atoms with van der Waals surface area (Å²) < 4.78 is 2.58. The number of rotatable bonds is 2. The van der Waals surface area contributed by atoms with E-state index in [0.29, 0.717) is 5.82 Å². The van der Waals surface area contributed by atoms with Crippen molar-refractivity contribution in [3.05, 3.63) is 50.4 Å². The van der Waals surface area contributed by atoms with Crippen molar-refractivity contribution in [2.45, 2.75) is 13.8 Å². The average Bonchev–Trinajstić information content (AvgIpc) is 2.61. The molecular formula is C11H10BrN3O2. The Balaban J connectivity index is 2.56. The van der Waals surface area contributed by atoms with Gasteiger partial charge in [0.25, 0.3) is 0 Å². The van der Waals surface area contributed by atoms with E-state index >= 15 is 0 Å². The summed E-state index contributed by atoms with van der Waals surface area (Å²) in [5.74, 6) is 0.441. The Morgan fingerprint density at radius 3 is 2.65 bits per heavy atom. The number of aryl methyl sites for hydroxylation is 2. The van der Waals surface area contributed by atoms with E-state index in [1.807, 2.05) is 25.1 Å². The molecule has 0 radical (unpaired) electrons. The molecule has 5 nitrogen and oxygen atoms in total. The Morgan fingerprint density at radius 1 is 1.41 bits per heavy atom. The van der Waals surface area contributed by atoms with E-state index in [-0.39, 0.29) is 5.82 Å². The van der Waals surface area contributed by atoms with Gasteiger partial charge in [0.15, 0.2) is 0 Å². The molecule has 0 N–H and O–H groups in total. The van der Waals surface area contributed by atoms with Crippen molar-refractivity contribution in [3.8, 4) is 5.69 Å². The van der Waals surface area contributed by atoms with Crippen molar-refractivity contribution in [2.24, 2.45) is 0 Å². The van der Waals surface area contributed by atoms with Gasteiger partial charge in [-0.1, -0.05) is 6.07 Å². The van der Waals surface area contributed by atoms with E-state index in [9.17, 15) is 10.1 Å². The first kappa shape index (κ1) is 11.8. The van der Waals surface area contributed by atoms with Crippen molar-refractivity contribution in [3.63, 3.8) is 0 Å². The maximum atomic E-state index is 10.7. The number of benzene rings is 1. The molecule has 0 saturated carbocycles. The first-order valence-corrected chi connectivity index (χ1v) is 5.75. The summed E-state index contributed by atoms with van der Waals surface area (Å²) in [6.45, 7) is 3.72. The second kappa shape index (κ2) is 4.29. The number of nitro groups is 1. The summed E-state index contributed by atoms with van der Waals surface area (Å²) in [6, 6.07) is 5.81. The highest BCUT2D eigenvalue weighted by Crippen LogP contribution is 2.25. The normalized spacial score (nSPS) is 10.5. The van der Waals surface area contributed by atoms with E-state index in [4.69, 9.17) is 0 Å². The zero-order chi connectivity index (χ0) is 12.6. The van der Waals surface area contributed by atoms with Crippen LogP contribution in [0, 0.1) is 24.0 Å². The average molecular weight is 296 g/mol. The number of halogens is 1. The number of imidazole rings is 1. The second-order valence-electron chi connectivity index (χ2n) is 3.73. The molecule has 0 aliphatic heterocycles. The lowest BCUT2D eigenvalue weighted by Crippen LogP contribution is -1.96. The largest absolute Gasteiger partial charge is 0.382 e. The standard InChI is InChI=1S/C11H10BrN3O2/c1-7-3-4-10(9(12)5-7)14-6-11(15(16)17)13-8(14)2/h3-6H,1-2H3. The Bertz CT molecular complexity index is 592. The zero-order valence-electron chi connectivity index (χ0n) is 9.35. The number of nitrogens with zero attached hydrogens (tertiary/aromatic N) is 3. The van der Waals surface area contributed by atoms with Gasteiger partial charge in [-0.25, -0.2) is 0 Å². The van der Waals surface area contributed by atoms with Gasteiger partial charge in [0.05, 0.1) is 5.69 Å². The van der Waals surface area contributed by atoms with E-state index in [0.717, 1.165) is 15.7 Å².